The number of unbranched alkanes of at least 4 members (excludes halogenated alkanes) is 1. The molecular formula is C16H22ClN3O. The number of aryl methyl sites for hydroxylation is 3. The molecule has 1 heterocycles. The number of phenolic OH excluding ortho intramolecular Hbond substituents is 1. The lowest BCUT2D eigenvalue weighted by atomic mass is 10.1. The molecule has 4 nitrogen and oxygen atoms in total. The molecule has 114 valence electrons. The highest BCUT2D eigenvalue weighted by Crippen LogP contribution is 2.25. The number of aromatic amines is 1. The highest BCUT2D eigenvalue weighted by atomic mass is 35.5. The number of hydrogen-bond donors (Lipinski definition) is 3. The average Bonchev–Trinajstić information content (AvgIpc) is 2.79. The molecule has 0 radical (unpaired) electrons. The molecule has 0 saturated heterocycles. The predicted octanol–water partition coefficient (Wildman–Crippen LogP) is 4.34. The van der Waals surface area contributed by atoms with Gasteiger partial charge in [0.2, 0.25) is 0 Å². The normalized spacial score (nSPS) is 10.9. The van der Waals surface area contributed by atoms with Crippen molar-refractivity contribution in [2.45, 2.75) is 46.6 Å². The molecule has 0 saturated carbocycles. The number of imidazole rings is 1. The molecule has 21 heavy (non-hydrogen) atoms. The number of nitrogens with one attached hydrogen (secondary N) is 2. The molecule has 1 aromatic carbocycles. The van der Waals surface area contributed by atoms with Crippen LogP contribution in [0.3, 0.4) is 0 Å². The Balaban J connectivity index is 2.06. The molecule has 0 unspecified atom stereocenters. The molecular weight excluding hydrogens is 286 g/mol. The molecule has 5 heteroatoms. The van der Waals surface area contributed by atoms with Gasteiger partial charge in [0.15, 0.2) is 5.15 Å². The van der Waals surface area contributed by atoms with Crippen LogP contribution in [0.4, 0.5) is 5.69 Å². The second kappa shape index (κ2) is 6.85. The molecule has 0 fully saturated rings. The monoisotopic (exact) mass is 307 g/mol. The number of anilines is 1. The van der Waals surface area contributed by atoms with Crippen molar-refractivity contribution < 1.29 is 5.11 Å². The molecule has 2 aromatic rings. The molecule has 0 atom stereocenters. The molecule has 1 aromatic heterocycles. The summed E-state index contributed by atoms with van der Waals surface area (Å²) < 4.78 is 0. The van der Waals surface area contributed by atoms with Crippen LogP contribution in [-0.4, -0.2) is 15.1 Å². The highest BCUT2D eigenvalue weighted by Gasteiger charge is 2.09. The number of nitrogens with zero attached hydrogens (tertiary/aromatic N) is 1. The largest absolute Gasteiger partial charge is 0.508 e. The van der Waals surface area contributed by atoms with Crippen molar-refractivity contribution in [1.29, 1.82) is 0 Å². The van der Waals surface area contributed by atoms with E-state index in [-0.39, 0.29) is 0 Å². The molecule has 0 bridgehead atoms. The summed E-state index contributed by atoms with van der Waals surface area (Å²) in [5, 5.41) is 13.5. The van der Waals surface area contributed by atoms with E-state index in [0.29, 0.717) is 17.4 Å². The smallest absolute Gasteiger partial charge is 0.152 e. The minimum Gasteiger partial charge on any atom is -0.508 e. The maximum absolute atomic E-state index is 9.67. The first-order valence-electron chi connectivity index (χ1n) is 7.28. The van der Waals surface area contributed by atoms with Gasteiger partial charge in [0, 0.05) is 12.1 Å². The number of phenols is 1. The fourth-order valence-electron chi connectivity index (χ4n) is 2.19. The van der Waals surface area contributed by atoms with Gasteiger partial charge in [-0.25, -0.2) is 4.98 Å². The van der Waals surface area contributed by atoms with Crippen molar-refractivity contribution in [2.75, 3.05) is 5.32 Å². The van der Waals surface area contributed by atoms with Crippen molar-refractivity contribution in [3.05, 3.63) is 39.9 Å². The Bertz CT molecular complexity index is 622. The average molecular weight is 308 g/mol. The van der Waals surface area contributed by atoms with E-state index >= 15 is 0 Å². The van der Waals surface area contributed by atoms with Gasteiger partial charge in [0.1, 0.15) is 11.6 Å². The van der Waals surface area contributed by atoms with Crippen molar-refractivity contribution in [3.8, 4) is 5.75 Å². The van der Waals surface area contributed by atoms with E-state index in [9.17, 15) is 5.11 Å². The lowest BCUT2D eigenvalue weighted by Gasteiger charge is -2.11. The summed E-state index contributed by atoms with van der Waals surface area (Å²) in [7, 11) is 0. The van der Waals surface area contributed by atoms with Gasteiger partial charge in [-0.1, -0.05) is 24.9 Å². The summed E-state index contributed by atoms with van der Waals surface area (Å²) in [6.07, 6.45) is 3.17. The Hall–Kier alpha value is -1.68. The summed E-state index contributed by atoms with van der Waals surface area (Å²) in [6, 6.07) is 3.70. The maximum Gasteiger partial charge on any atom is 0.152 e. The first kappa shape index (κ1) is 15.7. The molecule has 0 amide bonds. The van der Waals surface area contributed by atoms with Crippen LogP contribution in [0.5, 0.6) is 5.75 Å². The Labute approximate surface area is 130 Å². The second-order valence-electron chi connectivity index (χ2n) is 5.36. The van der Waals surface area contributed by atoms with E-state index in [1.54, 1.807) is 6.07 Å². The quantitative estimate of drug-likeness (QED) is 0.696. The van der Waals surface area contributed by atoms with Crippen molar-refractivity contribution in [2.24, 2.45) is 0 Å². The van der Waals surface area contributed by atoms with Crippen molar-refractivity contribution >= 4 is 17.3 Å². The summed E-state index contributed by atoms with van der Waals surface area (Å²) in [5.41, 5.74) is 3.74. The van der Waals surface area contributed by atoms with E-state index in [1.165, 1.54) is 0 Å². The standard InChI is InChI=1S/C16H22ClN3O/c1-4-5-6-15-19-13(16(17)20-15)9-18-12-7-11(3)14(21)8-10(12)2/h7-8,18,21H,4-6,9H2,1-3H3,(H,19,20). The van der Waals surface area contributed by atoms with Gasteiger partial charge in [-0.2, -0.15) is 0 Å². The van der Waals surface area contributed by atoms with Crippen LogP contribution >= 0.6 is 11.6 Å². The lowest BCUT2D eigenvalue weighted by Crippen LogP contribution is -2.02. The molecule has 3 N–H and O–H groups in total. The van der Waals surface area contributed by atoms with Crippen LogP contribution in [0.2, 0.25) is 5.15 Å². The van der Waals surface area contributed by atoms with E-state index in [4.69, 9.17) is 11.6 Å². The van der Waals surface area contributed by atoms with Crippen LogP contribution in [0.15, 0.2) is 12.1 Å². The Morgan fingerprint density at radius 2 is 2.05 bits per heavy atom. The van der Waals surface area contributed by atoms with Gasteiger partial charge in [-0.3, -0.25) is 0 Å². The predicted molar refractivity (Wildman–Crippen MR) is 87.1 cm³/mol. The number of rotatable bonds is 6. The summed E-state index contributed by atoms with van der Waals surface area (Å²) in [6.45, 7) is 6.58. The SMILES string of the molecule is CCCCc1nc(Cl)c(CNc2cc(C)c(O)cc2C)[nH]1. The molecule has 2 rings (SSSR count). The fraction of sp³-hybridized carbons (Fsp3) is 0.438. The number of benzene rings is 1. The lowest BCUT2D eigenvalue weighted by molar-refractivity contribution is 0.471. The third-order valence-corrected chi connectivity index (χ3v) is 3.86. The number of aromatic hydroxyl groups is 1. The van der Waals surface area contributed by atoms with Gasteiger partial charge in [0.25, 0.3) is 0 Å². The van der Waals surface area contributed by atoms with E-state index < -0.39 is 0 Å². The molecule has 0 aliphatic carbocycles. The second-order valence-corrected chi connectivity index (χ2v) is 5.72. The van der Waals surface area contributed by atoms with Crippen molar-refractivity contribution in [1.82, 2.24) is 9.97 Å². The summed E-state index contributed by atoms with van der Waals surface area (Å²) in [4.78, 5) is 7.62. The molecule has 0 spiro atoms. The first-order chi connectivity index (χ1) is 10.0. The van der Waals surface area contributed by atoms with Gasteiger partial charge in [-0.15, -0.1) is 0 Å². The minimum absolute atomic E-state index is 0.319. The van der Waals surface area contributed by atoms with Gasteiger partial charge < -0.3 is 15.4 Å². The maximum atomic E-state index is 9.67. The van der Waals surface area contributed by atoms with Gasteiger partial charge >= 0.3 is 0 Å². The van der Waals surface area contributed by atoms with E-state index in [1.807, 2.05) is 19.9 Å². The highest BCUT2D eigenvalue weighted by molar-refractivity contribution is 6.30. The number of hydrogen-bond acceptors (Lipinski definition) is 3. The van der Waals surface area contributed by atoms with Gasteiger partial charge in [0.05, 0.1) is 12.2 Å². The van der Waals surface area contributed by atoms with Crippen molar-refractivity contribution in [3.63, 3.8) is 0 Å². The van der Waals surface area contributed by atoms with Gasteiger partial charge in [-0.05, 0) is 43.5 Å². The van der Waals surface area contributed by atoms with E-state index in [2.05, 4.69) is 22.2 Å². The van der Waals surface area contributed by atoms with Crippen LogP contribution in [0.25, 0.3) is 0 Å². The zero-order valence-corrected chi connectivity index (χ0v) is 13.5. The third kappa shape index (κ3) is 3.91. The number of halogens is 1. The Morgan fingerprint density at radius 3 is 2.76 bits per heavy atom. The Morgan fingerprint density at radius 1 is 1.29 bits per heavy atom. The molecule has 0 aliphatic heterocycles. The summed E-state index contributed by atoms with van der Waals surface area (Å²) >= 11 is 6.16. The fourth-order valence-corrected chi connectivity index (χ4v) is 2.41. The Kier molecular flexibility index (Phi) is 5.12. The van der Waals surface area contributed by atoms with Crippen LogP contribution in [0, 0.1) is 13.8 Å². The van der Waals surface area contributed by atoms with Crippen LogP contribution in [-0.2, 0) is 13.0 Å². The van der Waals surface area contributed by atoms with Crippen LogP contribution < -0.4 is 5.32 Å². The molecule has 0 aliphatic rings. The summed E-state index contributed by atoms with van der Waals surface area (Å²) in [5.74, 6) is 1.26. The topological polar surface area (TPSA) is 60.9 Å². The minimum atomic E-state index is 0.319. The number of aromatic nitrogens is 2. The van der Waals surface area contributed by atoms with Crippen LogP contribution in [0.1, 0.15) is 42.4 Å². The zero-order chi connectivity index (χ0) is 15.4. The third-order valence-electron chi connectivity index (χ3n) is 3.54. The zero-order valence-electron chi connectivity index (χ0n) is 12.8. The number of H-pyrrole nitrogens is 1. The van der Waals surface area contributed by atoms with E-state index in [0.717, 1.165) is 47.6 Å². The first-order valence-corrected chi connectivity index (χ1v) is 7.66.